The summed E-state index contributed by atoms with van der Waals surface area (Å²) in [4.78, 5) is 10.8. The summed E-state index contributed by atoms with van der Waals surface area (Å²) in [6, 6.07) is 0. The molecule has 1 fully saturated rings. The van der Waals surface area contributed by atoms with Crippen LogP contribution >= 0.6 is 0 Å². The van der Waals surface area contributed by atoms with Crippen molar-refractivity contribution in [2.45, 2.75) is 32.4 Å². The number of nitrogens with zero attached hydrogens (tertiary/aromatic N) is 5. The number of aromatic nitrogens is 4. The van der Waals surface area contributed by atoms with Crippen LogP contribution in [0.4, 0.5) is 5.82 Å². The summed E-state index contributed by atoms with van der Waals surface area (Å²) in [5.41, 5.74) is 0.755. The average molecular weight is 304 g/mol. The van der Waals surface area contributed by atoms with Gasteiger partial charge in [-0.1, -0.05) is 6.92 Å². The molecule has 2 aromatic rings. The van der Waals surface area contributed by atoms with Gasteiger partial charge in [0, 0.05) is 13.6 Å². The molecule has 3 rings (SSSR count). The highest BCUT2D eigenvalue weighted by Crippen LogP contribution is 2.19. The van der Waals surface area contributed by atoms with E-state index in [-0.39, 0.29) is 0 Å². The van der Waals surface area contributed by atoms with Gasteiger partial charge in [0.1, 0.15) is 12.1 Å². The molecule has 1 aliphatic heterocycles. The molecule has 7 heteroatoms. The minimum absolute atomic E-state index is 0.440. The number of nitrogens with one attached hydrogen (secondary N) is 1. The molecule has 7 nitrogen and oxygen atoms in total. The van der Waals surface area contributed by atoms with E-state index in [0.717, 1.165) is 35.9 Å². The van der Waals surface area contributed by atoms with Gasteiger partial charge in [-0.2, -0.15) is 5.10 Å². The fraction of sp³-hybridized carbons (Fsp3) is 0.667. The maximum Gasteiger partial charge on any atom is 0.163 e. The Kier molecular flexibility index (Phi) is 4.54. The summed E-state index contributed by atoms with van der Waals surface area (Å²) >= 11 is 0. The Labute approximate surface area is 130 Å². The van der Waals surface area contributed by atoms with Crippen LogP contribution < -0.4 is 5.32 Å². The molecule has 1 atom stereocenters. The average Bonchev–Trinajstić information content (AvgIpc) is 2.92. The van der Waals surface area contributed by atoms with Crippen molar-refractivity contribution in [3.63, 3.8) is 0 Å². The van der Waals surface area contributed by atoms with Crippen LogP contribution in [0.3, 0.4) is 0 Å². The topological polar surface area (TPSA) is 79.1 Å². The predicted octanol–water partition coefficient (Wildman–Crippen LogP) is 0.961. The first-order valence-electron chi connectivity index (χ1n) is 7.92. The van der Waals surface area contributed by atoms with E-state index >= 15 is 0 Å². The molecule has 1 saturated heterocycles. The Bertz CT molecular complexity index is 620. The van der Waals surface area contributed by atoms with Crippen LogP contribution in [-0.2, 0) is 6.54 Å². The number of rotatable bonds is 5. The third-order valence-electron chi connectivity index (χ3n) is 4.40. The third-order valence-corrected chi connectivity index (χ3v) is 4.40. The second-order valence-electron chi connectivity index (χ2n) is 6.17. The largest absolute Gasteiger partial charge is 0.390 e. The van der Waals surface area contributed by atoms with E-state index in [0.29, 0.717) is 13.1 Å². The molecule has 1 aliphatic rings. The Balaban J connectivity index is 1.65. The van der Waals surface area contributed by atoms with Gasteiger partial charge < -0.3 is 15.3 Å². The first kappa shape index (κ1) is 15.2. The lowest BCUT2D eigenvalue weighted by Crippen LogP contribution is -2.39. The van der Waals surface area contributed by atoms with Crippen molar-refractivity contribution in [3.05, 3.63) is 12.5 Å². The number of fused-ring (bicyclic) bond motifs is 1. The van der Waals surface area contributed by atoms with Gasteiger partial charge in [0.2, 0.25) is 0 Å². The van der Waals surface area contributed by atoms with Crippen molar-refractivity contribution in [1.82, 2.24) is 24.6 Å². The maximum atomic E-state index is 10.4. The first-order chi connectivity index (χ1) is 10.7. The van der Waals surface area contributed by atoms with E-state index in [2.05, 4.69) is 32.2 Å². The molecular formula is C15H24N6O. The van der Waals surface area contributed by atoms with Gasteiger partial charge >= 0.3 is 0 Å². The molecular weight excluding hydrogens is 280 g/mol. The molecule has 0 aromatic carbocycles. The number of likely N-dealkylation sites (tertiary alicyclic amines) is 1. The first-order valence-corrected chi connectivity index (χ1v) is 7.92. The monoisotopic (exact) mass is 304 g/mol. The van der Waals surface area contributed by atoms with Crippen molar-refractivity contribution in [1.29, 1.82) is 0 Å². The van der Waals surface area contributed by atoms with Gasteiger partial charge in [-0.05, 0) is 31.8 Å². The second kappa shape index (κ2) is 6.58. The number of hydrogen-bond donors (Lipinski definition) is 2. The zero-order valence-electron chi connectivity index (χ0n) is 13.2. The highest BCUT2D eigenvalue weighted by atomic mass is 16.3. The molecule has 3 heterocycles. The van der Waals surface area contributed by atoms with Gasteiger partial charge in [0.15, 0.2) is 5.65 Å². The summed E-state index contributed by atoms with van der Waals surface area (Å²) in [5.74, 6) is 1.57. The zero-order chi connectivity index (χ0) is 15.5. The maximum absolute atomic E-state index is 10.4. The molecule has 0 amide bonds. The summed E-state index contributed by atoms with van der Waals surface area (Å²) < 4.78 is 1.76. The Morgan fingerprint density at radius 1 is 1.32 bits per heavy atom. The van der Waals surface area contributed by atoms with Crippen LogP contribution in [0.1, 0.15) is 19.8 Å². The SMILES string of the molecule is CNc1ncnc2c1cnn2CC(O)CN1CCC(C)CC1. The normalized spacial score (nSPS) is 18.7. The number of piperidine rings is 1. The molecule has 2 N–H and O–H groups in total. The number of β-amino-alcohol motifs (C(OH)–C–C–N with tert-alkyl or cyclic N) is 1. The van der Waals surface area contributed by atoms with Crippen molar-refractivity contribution < 1.29 is 5.11 Å². The van der Waals surface area contributed by atoms with Crippen molar-refractivity contribution >= 4 is 16.9 Å². The number of hydrogen-bond acceptors (Lipinski definition) is 6. The summed E-state index contributed by atoms with van der Waals surface area (Å²) in [5, 5.41) is 18.6. The van der Waals surface area contributed by atoms with E-state index < -0.39 is 6.10 Å². The number of anilines is 1. The third kappa shape index (κ3) is 3.20. The molecule has 22 heavy (non-hydrogen) atoms. The van der Waals surface area contributed by atoms with Crippen LogP contribution in [0.15, 0.2) is 12.5 Å². The second-order valence-corrected chi connectivity index (χ2v) is 6.17. The highest BCUT2D eigenvalue weighted by molar-refractivity contribution is 5.85. The minimum atomic E-state index is -0.440. The van der Waals surface area contributed by atoms with Crippen LogP contribution in [0.5, 0.6) is 0 Å². The van der Waals surface area contributed by atoms with Crippen LogP contribution in [0.25, 0.3) is 11.0 Å². The van der Waals surface area contributed by atoms with Crippen LogP contribution in [0, 0.1) is 5.92 Å². The smallest absolute Gasteiger partial charge is 0.163 e. The molecule has 2 aromatic heterocycles. The standard InChI is InChI=1S/C15H24N6O/c1-11-3-5-20(6-4-11)8-12(22)9-21-15-13(7-19-21)14(16-2)17-10-18-15/h7,10-12,22H,3-6,8-9H2,1-2H3,(H,16,17,18). The summed E-state index contributed by atoms with van der Waals surface area (Å²) in [6.07, 6.45) is 5.26. The lowest BCUT2D eigenvalue weighted by Gasteiger charge is -2.31. The minimum Gasteiger partial charge on any atom is -0.390 e. The van der Waals surface area contributed by atoms with Crippen molar-refractivity contribution in [2.75, 3.05) is 32.0 Å². The van der Waals surface area contributed by atoms with E-state index in [1.165, 1.54) is 19.2 Å². The summed E-state index contributed by atoms with van der Waals surface area (Å²) in [7, 11) is 1.82. The van der Waals surface area contributed by atoms with E-state index in [4.69, 9.17) is 0 Å². The van der Waals surface area contributed by atoms with Gasteiger partial charge in [-0.25, -0.2) is 14.6 Å². The molecule has 1 unspecified atom stereocenters. The molecule has 0 aliphatic carbocycles. The van der Waals surface area contributed by atoms with Gasteiger partial charge in [-0.15, -0.1) is 0 Å². The quantitative estimate of drug-likeness (QED) is 0.856. The Hall–Kier alpha value is -1.73. The highest BCUT2D eigenvalue weighted by Gasteiger charge is 2.19. The lowest BCUT2D eigenvalue weighted by molar-refractivity contribution is 0.0785. The Morgan fingerprint density at radius 3 is 2.82 bits per heavy atom. The number of aliphatic hydroxyl groups is 1. The van der Waals surface area contributed by atoms with E-state index in [1.54, 1.807) is 10.9 Å². The molecule has 0 spiro atoms. The zero-order valence-corrected chi connectivity index (χ0v) is 13.2. The van der Waals surface area contributed by atoms with Gasteiger partial charge in [-0.3, -0.25) is 0 Å². The van der Waals surface area contributed by atoms with Crippen LogP contribution in [0.2, 0.25) is 0 Å². The Morgan fingerprint density at radius 2 is 2.09 bits per heavy atom. The van der Waals surface area contributed by atoms with Crippen molar-refractivity contribution in [3.8, 4) is 0 Å². The van der Waals surface area contributed by atoms with E-state index in [1.807, 2.05) is 7.05 Å². The van der Waals surface area contributed by atoms with Crippen LogP contribution in [-0.4, -0.2) is 62.5 Å². The van der Waals surface area contributed by atoms with Crippen molar-refractivity contribution in [2.24, 2.45) is 5.92 Å². The lowest BCUT2D eigenvalue weighted by atomic mass is 9.99. The van der Waals surface area contributed by atoms with E-state index in [9.17, 15) is 5.11 Å². The molecule has 0 bridgehead atoms. The molecule has 120 valence electrons. The fourth-order valence-electron chi connectivity index (χ4n) is 3.03. The predicted molar refractivity (Wildman–Crippen MR) is 85.7 cm³/mol. The van der Waals surface area contributed by atoms with Gasteiger partial charge in [0.25, 0.3) is 0 Å². The molecule has 0 radical (unpaired) electrons. The number of aliphatic hydroxyl groups excluding tert-OH is 1. The molecule has 0 saturated carbocycles. The summed E-state index contributed by atoms with van der Waals surface area (Å²) in [6.45, 7) is 5.59. The van der Waals surface area contributed by atoms with Gasteiger partial charge in [0.05, 0.1) is 24.2 Å². The fourth-order valence-corrected chi connectivity index (χ4v) is 3.03.